The first-order valence-electron chi connectivity index (χ1n) is 14.5. The number of Topliss-reactive ketones (excluding diaryl/α,β-unsaturated/α-hetero) is 1. The lowest BCUT2D eigenvalue weighted by Crippen LogP contribution is -2.46. The Labute approximate surface area is 260 Å². The first-order valence-corrected chi connectivity index (χ1v) is 17.3. The predicted molar refractivity (Wildman–Crippen MR) is 166 cm³/mol. The van der Waals surface area contributed by atoms with Gasteiger partial charge in [-0.2, -0.15) is 13.2 Å². The van der Waals surface area contributed by atoms with Crippen LogP contribution >= 0.6 is 7.14 Å². The van der Waals surface area contributed by atoms with E-state index in [9.17, 15) is 27.3 Å². The molecule has 45 heavy (non-hydrogen) atoms. The normalized spacial score (nSPS) is 15.8. The van der Waals surface area contributed by atoms with E-state index >= 15 is 0 Å². The molecule has 2 aliphatic heterocycles. The van der Waals surface area contributed by atoms with Crippen molar-refractivity contribution >= 4 is 24.7 Å². The number of aromatic nitrogens is 1. The highest BCUT2D eigenvalue weighted by atomic mass is 31.2. The van der Waals surface area contributed by atoms with Crippen molar-refractivity contribution < 1.29 is 32.1 Å². The molecule has 12 heteroatoms. The number of carbonyl (C=O) groups is 2. The second-order valence-corrected chi connectivity index (χ2v) is 15.3. The van der Waals surface area contributed by atoms with E-state index in [4.69, 9.17) is 4.74 Å². The standard InChI is InChI=1S/C33H34F3N4O4P/c1-22-4-7-26(17-25(22)8-6-24-16-30-32(37-18-24)38-31(42)20-44-30)29(41)15-23-5-9-27(28(14-23)33(34,35)36)19-39-10-12-40(13-11-39)21-45(2,3)43/h4-5,7,9,14,16-18H,10-13,15,19-21H2,1-3H3,(H,37,38,42). The average molecular weight is 639 g/mol. The van der Waals surface area contributed by atoms with Gasteiger partial charge in [0.15, 0.2) is 24.0 Å². The summed E-state index contributed by atoms with van der Waals surface area (Å²) >= 11 is 0. The van der Waals surface area contributed by atoms with Crippen molar-refractivity contribution in [2.24, 2.45) is 0 Å². The van der Waals surface area contributed by atoms with Gasteiger partial charge in [-0.15, -0.1) is 0 Å². The number of alkyl halides is 3. The number of aryl methyl sites for hydroxylation is 1. The molecule has 0 radical (unpaired) electrons. The molecule has 1 N–H and O–H groups in total. The summed E-state index contributed by atoms with van der Waals surface area (Å²) in [6.45, 7) is 7.85. The van der Waals surface area contributed by atoms with Gasteiger partial charge in [0.25, 0.3) is 5.91 Å². The molecule has 2 aliphatic rings. The monoisotopic (exact) mass is 638 g/mol. The maximum atomic E-state index is 14.1. The van der Waals surface area contributed by atoms with Crippen LogP contribution < -0.4 is 10.1 Å². The molecular formula is C33H34F3N4O4P. The summed E-state index contributed by atoms with van der Waals surface area (Å²) in [7, 11) is -2.21. The number of ketones is 1. The summed E-state index contributed by atoms with van der Waals surface area (Å²) in [5.74, 6) is 6.16. The lowest BCUT2D eigenvalue weighted by molar-refractivity contribution is -0.138. The number of halogens is 3. The topological polar surface area (TPSA) is 91.8 Å². The highest BCUT2D eigenvalue weighted by molar-refractivity contribution is 7.62. The van der Waals surface area contributed by atoms with Gasteiger partial charge in [0, 0.05) is 68.1 Å². The first-order chi connectivity index (χ1) is 21.2. The van der Waals surface area contributed by atoms with Crippen LogP contribution in [0.25, 0.3) is 0 Å². The van der Waals surface area contributed by atoms with Crippen LogP contribution in [0.15, 0.2) is 48.7 Å². The largest absolute Gasteiger partial charge is 0.480 e. The summed E-state index contributed by atoms with van der Waals surface area (Å²) in [5.41, 5.74) is 2.04. The fourth-order valence-electron chi connectivity index (χ4n) is 5.33. The number of piperazine rings is 1. The van der Waals surface area contributed by atoms with Gasteiger partial charge in [-0.05, 0) is 49.1 Å². The van der Waals surface area contributed by atoms with Crippen LogP contribution in [0.2, 0.25) is 0 Å². The highest BCUT2D eigenvalue weighted by Gasteiger charge is 2.34. The molecule has 0 atom stereocenters. The number of nitrogens with zero attached hydrogens (tertiary/aromatic N) is 3. The van der Waals surface area contributed by atoms with E-state index in [-0.39, 0.29) is 42.4 Å². The fourth-order valence-corrected chi connectivity index (χ4v) is 6.58. The molecule has 1 amide bonds. The van der Waals surface area contributed by atoms with Gasteiger partial charge in [-0.25, -0.2) is 4.98 Å². The molecule has 2 aromatic carbocycles. The second kappa shape index (κ2) is 13.2. The SMILES string of the molecule is Cc1ccc(C(=O)Cc2ccc(CN3CCN(CP(C)(C)=O)CC3)c(C(F)(F)F)c2)cc1C#Cc1cnc2c(c1)OCC(=O)N2. The van der Waals surface area contributed by atoms with Crippen molar-refractivity contribution in [3.8, 4) is 17.6 Å². The zero-order valence-electron chi connectivity index (χ0n) is 25.3. The zero-order valence-corrected chi connectivity index (χ0v) is 26.2. The van der Waals surface area contributed by atoms with E-state index in [1.54, 1.807) is 43.7 Å². The smallest absolute Gasteiger partial charge is 0.416 e. The van der Waals surface area contributed by atoms with Crippen LogP contribution in [0.1, 0.15) is 43.7 Å². The number of nitrogens with one attached hydrogen (secondary N) is 1. The summed E-state index contributed by atoms with van der Waals surface area (Å²) in [5, 5.41) is 2.62. The number of benzene rings is 2. The zero-order chi connectivity index (χ0) is 32.4. The van der Waals surface area contributed by atoms with Gasteiger partial charge in [-0.1, -0.05) is 36.1 Å². The molecule has 0 spiro atoms. The Kier molecular flexibility index (Phi) is 9.49. The summed E-state index contributed by atoms with van der Waals surface area (Å²) in [4.78, 5) is 32.9. The Morgan fingerprint density at radius 1 is 1.04 bits per heavy atom. The number of amides is 1. The Morgan fingerprint density at radius 2 is 1.78 bits per heavy atom. The molecule has 1 aromatic heterocycles. The van der Waals surface area contributed by atoms with Gasteiger partial charge in [-0.3, -0.25) is 19.4 Å². The van der Waals surface area contributed by atoms with Gasteiger partial charge in [0.2, 0.25) is 0 Å². The minimum atomic E-state index is -4.57. The number of hydrogen-bond donors (Lipinski definition) is 1. The molecule has 3 aromatic rings. The van der Waals surface area contributed by atoms with E-state index < -0.39 is 18.9 Å². The van der Waals surface area contributed by atoms with Crippen LogP contribution in [0.3, 0.4) is 0 Å². The molecule has 0 bridgehead atoms. The summed E-state index contributed by atoms with van der Waals surface area (Å²) < 4.78 is 59.9. The van der Waals surface area contributed by atoms with E-state index in [1.807, 2.05) is 11.8 Å². The molecule has 5 rings (SSSR count). The summed E-state index contributed by atoms with van der Waals surface area (Å²) in [6.07, 6.45) is -2.74. The lowest BCUT2D eigenvalue weighted by Gasteiger charge is -2.35. The van der Waals surface area contributed by atoms with Crippen molar-refractivity contribution in [3.05, 3.63) is 87.6 Å². The molecule has 1 saturated heterocycles. The van der Waals surface area contributed by atoms with Crippen molar-refractivity contribution in [1.82, 2.24) is 14.8 Å². The maximum absolute atomic E-state index is 14.1. The van der Waals surface area contributed by atoms with Gasteiger partial charge in [0.05, 0.1) is 19.0 Å². The number of carbonyl (C=O) groups excluding carboxylic acids is 2. The fraction of sp³-hybridized carbons (Fsp3) is 0.364. The maximum Gasteiger partial charge on any atom is 0.416 e. The molecule has 8 nitrogen and oxygen atoms in total. The average Bonchev–Trinajstić information content (AvgIpc) is 2.97. The molecule has 236 valence electrons. The Balaban J connectivity index is 1.28. The van der Waals surface area contributed by atoms with Crippen LogP contribution in [0, 0.1) is 18.8 Å². The van der Waals surface area contributed by atoms with Crippen molar-refractivity contribution in [3.63, 3.8) is 0 Å². The molecule has 3 heterocycles. The minimum absolute atomic E-state index is 0.108. The molecule has 0 saturated carbocycles. The Hall–Kier alpha value is -3.97. The lowest BCUT2D eigenvalue weighted by atomic mass is 9.96. The molecular weight excluding hydrogens is 604 g/mol. The Morgan fingerprint density at radius 3 is 2.49 bits per heavy atom. The number of rotatable bonds is 7. The molecule has 0 aliphatic carbocycles. The predicted octanol–water partition coefficient (Wildman–Crippen LogP) is 5.26. The molecule has 1 fully saturated rings. The minimum Gasteiger partial charge on any atom is -0.480 e. The van der Waals surface area contributed by atoms with Crippen LogP contribution in [0.4, 0.5) is 19.0 Å². The number of fused-ring (bicyclic) bond motifs is 1. The third kappa shape index (κ3) is 8.60. The number of hydrogen-bond acceptors (Lipinski definition) is 7. The quantitative estimate of drug-likeness (QED) is 0.215. The van der Waals surface area contributed by atoms with Crippen molar-refractivity contribution in [2.75, 3.05) is 57.7 Å². The Bertz CT molecular complexity index is 1730. The number of ether oxygens (including phenoxy) is 1. The van der Waals surface area contributed by atoms with E-state index in [0.717, 1.165) is 11.6 Å². The van der Waals surface area contributed by atoms with Crippen molar-refractivity contribution in [1.29, 1.82) is 0 Å². The highest BCUT2D eigenvalue weighted by Crippen LogP contribution is 2.37. The first kappa shape index (κ1) is 32.4. The van der Waals surface area contributed by atoms with E-state index in [1.165, 1.54) is 12.3 Å². The number of anilines is 1. The van der Waals surface area contributed by atoms with Crippen molar-refractivity contribution in [2.45, 2.75) is 26.1 Å². The van der Waals surface area contributed by atoms with E-state index in [2.05, 4.69) is 27.0 Å². The van der Waals surface area contributed by atoms with Crippen LogP contribution in [0.5, 0.6) is 5.75 Å². The van der Waals surface area contributed by atoms with Crippen LogP contribution in [-0.4, -0.2) is 78.9 Å². The van der Waals surface area contributed by atoms with E-state index in [0.29, 0.717) is 60.7 Å². The summed E-state index contributed by atoms with van der Waals surface area (Å²) in [6, 6.07) is 10.8. The van der Waals surface area contributed by atoms with Gasteiger partial charge in [0.1, 0.15) is 0 Å². The van der Waals surface area contributed by atoms with Gasteiger partial charge >= 0.3 is 6.18 Å². The number of pyridine rings is 1. The van der Waals surface area contributed by atoms with Crippen LogP contribution in [-0.2, 0) is 28.5 Å². The molecule has 0 unspecified atom stereocenters. The second-order valence-electron chi connectivity index (χ2n) is 11.9. The third-order valence-electron chi connectivity index (χ3n) is 7.61. The van der Waals surface area contributed by atoms with Gasteiger partial charge < -0.3 is 14.6 Å². The third-order valence-corrected chi connectivity index (χ3v) is 8.70.